The Morgan fingerprint density at radius 1 is 1.15 bits per heavy atom. The van der Waals surface area contributed by atoms with E-state index < -0.39 is 0 Å². The molecule has 1 amide bonds. The van der Waals surface area contributed by atoms with Crippen molar-refractivity contribution < 1.29 is 18.7 Å². The van der Waals surface area contributed by atoms with E-state index in [1.165, 1.54) is 13.2 Å². The van der Waals surface area contributed by atoms with Crippen LogP contribution in [0, 0.1) is 12.7 Å². The summed E-state index contributed by atoms with van der Waals surface area (Å²) < 4.78 is 24.7. The minimum atomic E-state index is -0.354. The summed E-state index contributed by atoms with van der Waals surface area (Å²) in [6, 6.07) is 12.7. The van der Waals surface area contributed by atoms with Gasteiger partial charge in [0.1, 0.15) is 12.4 Å². The number of aryl methyl sites for hydroxylation is 1. The number of nitrogens with zero attached hydrogens (tertiary/aromatic N) is 3. The van der Waals surface area contributed by atoms with Crippen LogP contribution in [0.2, 0.25) is 0 Å². The van der Waals surface area contributed by atoms with Gasteiger partial charge in [-0.1, -0.05) is 18.2 Å². The molecule has 2 heterocycles. The van der Waals surface area contributed by atoms with Gasteiger partial charge in [-0.15, -0.1) is 11.3 Å². The number of ether oxygens (including phenoxy) is 2. The van der Waals surface area contributed by atoms with Gasteiger partial charge in [-0.3, -0.25) is 9.69 Å². The Kier molecular flexibility index (Phi) is 7.92. The molecule has 0 unspecified atom stereocenters. The molecule has 0 aliphatic carbocycles. The molecular weight excluding hydrogens is 453 g/mol. The van der Waals surface area contributed by atoms with Gasteiger partial charge in [-0.05, 0) is 48.4 Å². The zero-order valence-corrected chi connectivity index (χ0v) is 20.2. The van der Waals surface area contributed by atoms with Crippen LogP contribution < -0.4 is 9.47 Å². The number of amides is 1. The Morgan fingerprint density at radius 3 is 2.56 bits per heavy atom. The largest absolute Gasteiger partial charge is 0.494 e. The molecular formula is C26H28FN3O3S. The van der Waals surface area contributed by atoms with Crippen molar-refractivity contribution in [2.24, 2.45) is 0 Å². The fraction of sp³-hybridized carbons (Fsp3) is 0.308. The summed E-state index contributed by atoms with van der Waals surface area (Å²) in [6.07, 6.45) is 3.44. The van der Waals surface area contributed by atoms with E-state index in [0.29, 0.717) is 26.2 Å². The van der Waals surface area contributed by atoms with Gasteiger partial charge >= 0.3 is 0 Å². The monoisotopic (exact) mass is 481 g/mol. The van der Waals surface area contributed by atoms with Gasteiger partial charge in [0.05, 0.1) is 17.8 Å². The second-order valence-electron chi connectivity index (χ2n) is 8.12. The summed E-state index contributed by atoms with van der Waals surface area (Å²) >= 11 is 1.61. The summed E-state index contributed by atoms with van der Waals surface area (Å²) in [7, 11) is 1.46. The van der Waals surface area contributed by atoms with Crippen molar-refractivity contribution in [2.45, 2.75) is 20.1 Å². The average Bonchev–Trinajstić information content (AvgIpc) is 3.27. The smallest absolute Gasteiger partial charge is 0.246 e. The Labute approximate surface area is 203 Å². The Bertz CT molecular complexity index is 1140. The van der Waals surface area contributed by atoms with Crippen LogP contribution in [-0.2, 0) is 17.9 Å². The highest BCUT2D eigenvalue weighted by atomic mass is 32.1. The number of aromatic nitrogens is 1. The van der Waals surface area contributed by atoms with Crippen LogP contribution in [0.1, 0.15) is 21.8 Å². The number of carbonyl (C=O) groups is 1. The SMILES string of the molecule is COc1ccc(CN2CCN(C(=O)/C=C/c3ccc(OCc4csc(C)n4)cc3)CC2)cc1F. The minimum absolute atomic E-state index is 0.00521. The molecule has 0 spiro atoms. The maximum absolute atomic E-state index is 13.9. The maximum Gasteiger partial charge on any atom is 0.246 e. The van der Waals surface area contributed by atoms with E-state index in [-0.39, 0.29) is 17.5 Å². The molecule has 1 aromatic heterocycles. The van der Waals surface area contributed by atoms with Gasteiger partial charge in [0.2, 0.25) is 5.91 Å². The topological polar surface area (TPSA) is 54.9 Å². The lowest BCUT2D eigenvalue weighted by Crippen LogP contribution is -2.47. The van der Waals surface area contributed by atoms with E-state index >= 15 is 0 Å². The average molecular weight is 482 g/mol. The molecule has 178 valence electrons. The maximum atomic E-state index is 13.9. The van der Waals surface area contributed by atoms with Crippen molar-refractivity contribution in [3.8, 4) is 11.5 Å². The Hall–Kier alpha value is -3.23. The molecule has 6 nitrogen and oxygen atoms in total. The molecule has 3 aromatic rings. The number of halogens is 1. The number of methoxy groups -OCH3 is 1. The molecule has 1 aliphatic rings. The molecule has 0 radical (unpaired) electrons. The molecule has 1 aliphatic heterocycles. The number of benzene rings is 2. The third kappa shape index (κ3) is 6.42. The molecule has 8 heteroatoms. The van der Waals surface area contributed by atoms with Crippen LogP contribution in [0.3, 0.4) is 0 Å². The first-order chi connectivity index (χ1) is 16.5. The number of thiazole rings is 1. The van der Waals surface area contributed by atoms with Gasteiger partial charge < -0.3 is 14.4 Å². The van der Waals surface area contributed by atoms with Crippen LogP contribution in [-0.4, -0.2) is 54.0 Å². The standard InChI is InChI=1S/C26H28FN3O3S/c1-19-28-22(18-34-19)17-33-23-7-3-20(4-8-23)6-10-26(31)30-13-11-29(12-14-30)16-21-5-9-25(32-2)24(27)15-21/h3-10,15,18H,11-14,16-17H2,1-2H3/b10-6+. The van der Waals surface area contributed by atoms with Crippen LogP contribution in [0.25, 0.3) is 6.08 Å². The zero-order valence-electron chi connectivity index (χ0n) is 19.4. The lowest BCUT2D eigenvalue weighted by molar-refractivity contribution is -0.127. The highest BCUT2D eigenvalue weighted by Gasteiger charge is 2.20. The summed E-state index contributed by atoms with van der Waals surface area (Å²) in [5.74, 6) is 0.656. The summed E-state index contributed by atoms with van der Waals surface area (Å²) in [5, 5.41) is 3.02. The van der Waals surface area contributed by atoms with Crippen LogP contribution in [0.15, 0.2) is 53.9 Å². The minimum Gasteiger partial charge on any atom is -0.494 e. The van der Waals surface area contributed by atoms with Crippen LogP contribution >= 0.6 is 11.3 Å². The first-order valence-corrected chi connectivity index (χ1v) is 12.0. The molecule has 1 saturated heterocycles. The van der Waals surface area contributed by atoms with Crippen molar-refractivity contribution in [3.05, 3.63) is 81.6 Å². The van der Waals surface area contributed by atoms with Gasteiger partial charge in [0.25, 0.3) is 0 Å². The van der Waals surface area contributed by atoms with Crippen molar-refractivity contribution in [1.82, 2.24) is 14.8 Å². The quantitative estimate of drug-likeness (QED) is 0.443. The van der Waals surface area contributed by atoms with E-state index in [2.05, 4.69) is 9.88 Å². The Balaban J connectivity index is 1.22. The third-order valence-corrected chi connectivity index (χ3v) is 6.48. The fourth-order valence-corrected chi connectivity index (χ4v) is 4.37. The summed E-state index contributed by atoms with van der Waals surface area (Å²) in [4.78, 5) is 21.1. The van der Waals surface area contributed by atoms with Crippen LogP contribution in [0.4, 0.5) is 4.39 Å². The lowest BCUT2D eigenvalue weighted by atomic mass is 10.1. The van der Waals surface area contributed by atoms with E-state index in [1.807, 2.05) is 53.6 Å². The molecule has 1 fully saturated rings. The van der Waals surface area contributed by atoms with Gasteiger partial charge in [-0.2, -0.15) is 0 Å². The van der Waals surface area contributed by atoms with Gasteiger partial charge in [-0.25, -0.2) is 9.37 Å². The molecule has 0 atom stereocenters. The number of hydrogen-bond donors (Lipinski definition) is 0. The predicted molar refractivity (Wildman–Crippen MR) is 131 cm³/mol. The number of hydrogen-bond acceptors (Lipinski definition) is 6. The highest BCUT2D eigenvalue weighted by molar-refractivity contribution is 7.09. The first-order valence-electron chi connectivity index (χ1n) is 11.2. The summed E-state index contributed by atoms with van der Waals surface area (Å²) in [6.45, 7) is 5.85. The summed E-state index contributed by atoms with van der Waals surface area (Å²) in [5.41, 5.74) is 2.76. The molecule has 34 heavy (non-hydrogen) atoms. The van der Waals surface area contributed by atoms with Gasteiger partial charge in [0.15, 0.2) is 11.6 Å². The van der Waals surface area contributed by atoms with Crippen LogP contribution in [0.5, 0.6) is 11.5 Å². The lowest BCUT2D eigenvalue weighted by Gasteiger charge is -2.34. The fourth-order valence-electron chi connectivity index (χ4n) is 3.77. The third-order valence-electron chi connectivity index (χ3n) is 5.66. The molecule has 4 rings (SSSR count). The van der Waals surface area contributed by atoms with Crippen molar-refractivity contribution in [2.75, 3.05) is 33.3 Å². The number of carbonyl (C=O) groups excluding carboxylic acids is 1. The van der Waals surface area contributed by atoms with E-state index in [4.69, 9.17) is 9.47 Å². The second kappa shape index (κ2) is 11.3. The molecule has 0 N–H and O–H groups in total. The second-order valence-corrected chi connectivity index (χ2v) is 9.18. The van der Waals surface area contributed by atoms with Crippen molar-refractivity contribution >= 4 is 23.3 Å². The normalized spacial score (nSPS) is 14.5. The van der Waals surface area contributed by atoms with E-state index in [0.717, 1.165) is 40.7 Å². The molecule has 0 saturated carbocycles. The number of rotatable bonds is 8. The predicted octanol–water partition coefficient (Wildman–Crippen LogP) is 4.54. The number of piperazine rings is 1. The highest BCUT2D eigenvalue weighted by Crippen LogP contribution is 2.20. The van der Waals surface area contributed by atoms with E-state index in [9.17, 15) is 9.18 Å². The van der Waals surface area contributed by atoms with Gasteiger partial charge in [0, 0.05) is 44.2 Å². The van der Waals surface area contributed by atoms with E-state index in [1.54, 1.807) is 23.5 Å². The molecule has 2 aromatic carbocycles. The van der Waals surface area contributed by atoms with Crippen molar-refractivity contribution in [3.63, 3.8) is 0 Å². The van der Waals surface area contributed by atoms with Crippen molar-refractivity contribution in [1.29, 1.82) is 0 Å². The Morgan fingerprint density at radius 2 is 1.91 bits per heavy atom. The first kappa shape index (κ1) is 23.9. The zero-order chi connectivity index (χ0) is 23.9. The molecule has 0 bridgehead atoms.